The van der Waals surface area contributed by atoms with Gasteiger partial charge in [-0.05, 0) is 6.92 Å². The van der Waals surface area contributed by atoms with Crippen LogP contribution in [0.25, 0.3) is 0 Å². The van der Waals surface area contributed by atoms with E-state index < -0.39 is 37.3 Å². The fourth-order valence-corrected chi connectivity index (χ4v) is 1.24. The average Bonchev–Trinajstić information content (AvgIpc) is 2.08. The minimum absolute atomic E-state index is 0.729. The molecule has 0 bridgehead atoms. The molecule has 0 saturated carbocycles. The van der Waals surface area contributed by atoms with Crippen LogP contribution in [0.2, 0.25) is 0 Å². The molecule has 1 heterocycles. The van der Waals surface area contributed by atoms with Crippen LogP contribution in [0.4, 0.5) is 8.78 Å². The molecule has 0 aromatic carbocycles. The predicted molar refractivity (Wildman–Crippen MR) is 37.2 cm³/mol. The average molecular weight is 182 g/mol. The van der Waals surface area contributed by atoms with Crippen molar-refractivity contribution in [1.82, 2.24) is 0 Å². The highest BCUT2D eigenvalue weighted by atomic mass is 19.1. The van der Waals surface area contributed by atoms with Gasteiger partial charge in [0.1, 0.15) is 25.0 Å². The number of ether oxygens (including phenoxy) is 1. The second-order valence-electron chi connectivity index (χ2n) is 2.96. The van der Waals surface area contributed by atoms with Crippen molar-refractivity contribution >= 4 is 0 Å². The molecule has 1 aliphatic rings. The summed E-state index contributed by atoms with van der Waals surface area (Å²) in [6.45, 7) is 0.470. The number of halogens is 2. The third-order valence-corrected chi connectivity index (χ3v) is 2.05. The Morgan fingerprint density at radius 3 is 2.42 bits per heavy atom. The topological polar surface area (TPSA) is 49.7 Å². The Bertz CT molecular complexity index is 151. The summed E-state index contributed by atoms with van der Waals surface area (Å²) in [6, 6.07) is 0. The number of aliphatic hydroxyl groups is 2. The van der Waals surface area contributed by atoms with Crippen molar-refractivity contribution in [3.05, 3.63) is 0 Å². The maximum absolute atomic E-state index is 12.9. The molecule has 5 heteroatoms. The molecule has 3 nitrogen and oxygen atoms in total. The SMILES string of the molecule is C[C@@H]1O[C@H](CF)[C@H](F)[C@H](O)[C@H]1O. The van der Waals surface area contributed by atoms with E-state index in [0.717, 1.165) is 0 Å². The summed E-state index contributed by atoms with van der Waals surface area (Å²) in [4.78, 5) is 0. The van der Waals surface area contributed by atoms with Gasteiger partial charge >= 0.3 is 0 Å². The van der Waals surface area contributed by atoms with Crippen LogP contribution in [0, 0.1) is 0 Å². The standard InChI is InChI=1S/C7H12F2O3/c1-3-6(10)7(11)5(9)4(2-8)12-3/h3-7,10-11H,2H2,1H3/t3-,4+,5-,6-,7-/m0/s1. The Hall–Kier alpha value is -0.260. The van der Waals surface area contributed by atoms with Gasteiger partial charge in [0.15, 0.2) is 6.17 Å². The summed E-state index contributed by atoms with van der Waals surface area (Å²) in [6.07, 6.45) is -6.65. The zero-order valence-electron chi connectivity index (χ0n) is 6.65. The maximum atomic E-state index is 12.9. The summed E-state index contributed by atoms with van der Waals surface area (Å²) in [5.41, 5.74) is 0. The van der Waals surface area contributed by atoms with Gasteiger partial charge in [-0.25, -0.2) is 8.78 Å². The Kier molecular flexibility index (Phi) is 2.98. The van der Waals surface area contributed by atoms with Crippen molar-refractivity contribution in [1.29, 1.82) is 0 Å². The lowest BCUT2D eigenvalue weighted by molar-refractivity contribution is -0.201. The predicted octanol–water partition coefficient (Wildman–Crippen LogP) is -0.197. The van der Waals surface area contributed by atoms with E-state index in [1.807, 2.05) is 0 Å². The third-order valence-electron chi connectivity index (χ3n) is 2.05. The molecule has 0 aromatic heterocycles. The van der Waals surface area contributed by atoms with Crippen LogP contribution in [0.1, 0.15) is 6.92 Å². The fourth-order valence-electron chi connectivity index (χ4n) is 1.24. The van der Waals surface area contributed by atoms with E-state index in [2.05, 4.69) is 0 Å². The van der Waals surface area contributed by atoms with Crippen molar-refractivity contribution in [2.75, 3.05) is 6.67 Å². The number of hydrogen-bond acceptors (Lipinski definition) is 3. The number of rotatable bonds is 1. The van der Waals surface area contributed by atoms with Crippen molar-refractivity contribution in [2.45, 2.75) is 37.5 Å². The van der Waals surface area contributed by atoms with Crippen molar-refractivity contribution in [3.8, 4) is 0 Å². The molecular weight excluding hydrogens is 170 g/mol. The second-order valence-corrected chi connectivity index (χ2v) is 2.96. The van der Waals surface area contributed by atoms with Crippen LogP contribution in [0.5, 0.6) is 0 Å². The first-order valence-electron chi connectivity index (χ1n) is 3.79. The van der Waals surface area contributed by atoms with Gasteiger partial charge < -0.3 is 14.9 Å². The fraction of sp³-hybridized carbons (Fsp3) is 1.00. The Labute approximate surface area is 69.0 Å². The van der Waals surface area contributed by atoms with Crippen LogP contribution < -0.4 is 0 Å². The molecule has 12 heavy (non-hydrogen) atoms. The van der Waals surface area contributed by atoms with Crippen molar-refractivity contribution in [3.63, 3.8) is 0 Å². The molecule has 1 rings (SSSR count). The van der Waals surface area contributed by atoms with E-state index in [1.165, 1.54) is 6.92 Å². The molecule has 0 spiro atoms. The lowest BCUT2D eigenvalue weighted by atomic mass is 9.97. The smallest absolute Gasteiger partial charge is 0.157 e. The van der Waals surface area contributed by atoms with Gasteiger partial charge in [0.05, 0.1) is 6.10 Å². The Morgan fingerprint density at radius 2 is 1.92 bits per heavy atom. The van der Waals surface area contributed by atoms with E-state index in [-0.39, 0.29) is 0 Å². The molecule has 2 N–H and O–H groups in total. The van der Waals surface area contributed by atoms with Crippen LogP contribution in [0.3, 0.4) is 0 Å². The van der Waals surface area contributed by atoms with Crippen LogP contribution in [-0.4, -0.2) is 47.5 Å². The summed E-state index contributed by atoms with van der Waals surface area (Å²) < 4.78 is 29.7. The first-order chi connectivity index (χ1) is 5.57. The monoisotopic (exact) mass is 182 g/mol. The highest BCUT2D eigenvalue weighted by molar-refractivity contribution is 4.90. The normalized spacial score (nSPS) is 49.2. The lowest BCUT2D eigenvalue weighted by Gasteiger charge is -2.36. The highest BCUT2D eigenvalue weighted by Crippen LogP contribution is 2.23. The zero-order valence-corrected chi connectivity index (χ0v) is 6.65. The quantitative estimate of drug-likeness (QED) is 0.590. The van der Waals surface area contributed by atoms with Gasteiger partial charge in [-0.15, -0.1) is 0 Å². The number of alkyl halides is 2. The van der Waals surface area contributed by atoms with E-state index in [9.17, 15) is 8.78 Å². The molecule has 5 atom stereocenters. The van der Waals surface area contributed by atoms with Gasteiger partial charge in [-0.2, -0.15) is 0 Å². The number of hydrogen-bond donors (Lipinski definition) is 2. The zero-order chi connectivity index (χ0) is 9.30. The van der Waals surface area contributed by atoms with Crippen molar-refractivity contribution < 1.29 is 23.7 Å². The van der Waals surface area contributed by atoms with E-state index in [1.54, 1.807) is 0 Å². The molecule has 0 aliphatic carbocycles. The highest BCUT2D eigenvalue weighted by Gasteiger charge is 2.42. The maximum Gasteiger partial charge on any atom is 0.157 e. The molecule has 0 unspecified atom stereocenters. The van der Waals surface area contributed by atoms with Gasteiger partial charge in [0.25, 0.3) is 0 Å². The third kappa shape index (κ3) is 1.57. The minimum atomic E-state index is -1.85. The lowest BCUT2D eigenvalue weighted by Crippen LogP contribution is -2.55. The van der Waals surface area contributed by atoms with E-state index in [4.69, 9.17) is 14.9 Å². The van der Waals surface area contributed by atoms with Gasteiger partial charge in [0.2, 0.25) is 0 Å². The van der Waals surface area contributed by atoms with Gasteiger partial charge in [-0.3, -0.25) is 0 Å². The van der Waals surface area contributed by atoms with Crippen LogP contribution >= 0.6 is 0 Å². The molecule has 0 amide bonds. The minimum Gasteiger partial charge on any atom is -0.388 e. The van der Waals surface area contributed by atoms with Crippen molar-refractivity contribution in [2.24, 2.45) is 0 Å². The molecule has 1 saturated heterocycles. The van der Waals surface area contributed by atoms with Gasteiger partial charge in [0, 0.05) is 0 Å². The Balaban J connectivity index is 2.63. The van der Waals surface area contributed by atoms with E-state index in [0.29, 0.717) is 0 Å². The molecular formula is C7H12F2O3. The molecule has 0 aromatic rings. The summed E-state index contributed by atoms with van der Waals surface area (Å²) in [5.74, 6) is 0. The number of aliphatic hydroxyl groups excluding tert-OH is 2. The molecule has 1 fully saturated rings. The van der Waals surface area contributed by atoms with Crippen LogP contribution in [0.15, 0.2) is 0 Å². The van der Waals surface area contributed by atoms with E-state index >= 15 is 0 Å². The van der Waals surface area contributed by atoms with Gasteiger partial charge in [-0.1, -0.05) is 0 Å². The van der Waals surface area contributed by atoms with Crippen LogP contribution in [-0.2, 0) is 4.74 Å². The molecule has 1 aliphatic heterocycles. The largest absolute Gasteiger partial charge is 0.388 e. The second kappa shape index (κ2) is 3.64. The molecule has 0 radical (unpaired) electrons. The summed E-state index contributed by atoms with van der Waals surface area (Å²) in [5, 5.41) is 18.1. The first-order valence-corrected chi connectivity index (χ1v) is 3.79. The first kappa shape index (κ1) is 9.83. The summed E-state index contributed by atoms with van der Waals surface area (Å²) >= 11 is 0. The summed E-state index contributed by atoms with van der Waals surface area (Å²) in [7, 11) is 0. The Morgan fingerprint density at radius 1 is 1.33 bits per heavy atom. The molecule has 72 valence electrons.